The molecule has 2 aromatic heterocycles. The lowest BCUT2D eigenvalue weighted by molar-refractivity contribution is -0.120. The number of aromatic nitrogens is 2. The van der Waals surface area contributed by atoms with Gasteiger partial charge < -0.3 is 23.9 Å². The molecule has 174 valence electrons. The zero-order valence-corrected chi connectivity index (χ0v) is 18.9. The number of ether oxygens (including phenoxy) is 1. The van der Waals surface area contributed by atoms with Crippen molar-refractivity contribution < 1.29 is 18.5 Å². The third kappa shape index (κ3) is 4.36. The van der Waals surface area contributed by atoms with Gasteiger partial charge in [0, 0.05) is 41.9 Å². The van der Waals surface area contributed by atoms with Crippen LogP contribution in [0.5, 0.6) is 5.75 Å². The van der Waals surface area contributed by atoms with Gasteiger partial charge in [-0.3, -0.25) is 4.79 Å². The average molecular weight is 460 g/mol. The molecule has 0 unspecified atom stereocenters. The zero-order chi connectivity index (χ0) is 23.7. The van der Waals surface area contributed by atoms with E-state index >= 15 is 0 Å². The van der Waals surface area contributed by atoms with Crippen LogP contribution in [0.1, 0.15) is 18.4 Å². The number of aryl methyl sites for hydroxylation is 1. The molecule has 0 spiro atoms. The molecule has 9 heteroatoms. The van der Waals surface area contributed by atoms with Crippen LogP contribution < -0.4 is 20.6 Å². The lowest BCUT2D eigenvalue weighted by Gasteiger charge is -2.30. The summed E-state index contributed by atoms with van der Waals surface area (Å²) < 4.78 is 16.0. The Morgan fingerprint density at radius 1 is 1.18 bits per heavy atom. The van der Waals surface area contributed by atoms with Crippen LogP contribution in [0, 0.1) is 12.8 Å². The van der Waals surface area contributed by atoms with Gasteiger partial charge in [0.25, 0.3) is 0 Å². The topological polar surface area (TPSA) is 111 Å². The van der Waals surface area contributed by atoms with Gasteiger partial charge in [-0.25, -0.2) is 4.79 Å². The van der Waals surface area contributed by atoms with E-state index in [1.54, 1.807) is 13.2 Å². The van der Waals surface area contributed by atoms with Crippen molar-refractivity contribution in [2.24, 2.45) is 5.92 Å². The van der Waals surface area contributed by atoms with Crippen molar-refractivity contribution in [3.05, 3.63) is 64.5 Å². The minimum atomic E-state index is -0.412. The first-order valence-corrected chi connectivity index (χ1v) is 11.1. The standard InChI is InChI=1S/C25H24N4O5/c1-15-12-22(30)33-21-13-18(7-10-20(15)21)26-24(31)17-4-3-11-29(14-17)25-27-23(28-34-25)16-5-8-19(32-2)9-6-16/h5-10,12-13,17H,3-4,11,14H2,1-2H3,(H,26,31)/t17-/m0/s1. The molecule has 34 heavy (non-hydrogen) atoms. The molecule has 0 radical (unpaired) electrons. The van der Waals surface area contributed by atoms with Crippen molar-refractivity contribution in [1.82, 2.24) is 10.1 Å². The highest BCUT2D eigenvalue weighted by Crippen LogP contribution is 2.27. The van der Waals surface area contributed by atoms with Crippen LogP contribution in [0.3, 0.4) is 0 Å². The normalized spacial score (nSPS) is 15.9. The number of carbonyl (C=O) groups excluding carboxylic acids is 1. The summed E-state index contributed by atoms with van der Waals surface area (Å²) >= 11 is 0. The highest BCUT2D eigenvalue weighted by molar-refractivity contribution is 5.95. The molecular weight excluding hydrogens is 436 g/mol. The largest absolute Gasteiger partial charge is 0.497 e. The molecule has 1 saturated heterocycles. The number of nitrogens with zero attached hydrogens (tertiary/aromatic N) is 3. The van der Waals surface area contributed by atoms with Crippen molar-refractivity contribution in [2.75, 3.05) is 30.4 Å². The molecule has 1 amide bonds. The number of hydrogen-bond donors (Lipinski definition) is 1. The van der Waals surface area contributed by atoms with Gasteiger partial charge in [-0.05, 0) is 61.7 Å². The molecule has 3 heterocycles. The molecule has 1 fully saturated rings. The lowest BCUT2D eigenvalue weighted by atomic mass is 9.97. The smallest absolute Gasteiger partial charge is 0.336 e. The number of benzene rings is 2. The molecule has 1 atom stereocenters. The molecule has 1 aliphatic heterocycles. The Labute approximate surface area is 195 Å². The average Bonchev–Trinajstić information content (AvgIpc) is 3.34. The summed E-state index contributed by atoms with van der Waals surface area (Å²) in [5.74, 6) is 0.887. The van der Waals surface area contributed by atoms with E-state index in [9.17, 15) is 9.59 Å². The predicted molar refractivity (Wildman–Crippen MR) is 127 cm³/mol. The van der Waals surface area contributed by atoms with Crippen LogP contribution >= 0.6 is 0 Å². The van der Waals surface area contributed by atoms with E-state index in [0.29, 0.717) is 29.7 Å². The third-order valence-electron chi connectivity index (χ3n) is 6.05. The Morgan fingerprint density at radius 2 is 2.00 bits per heavy atom. The van der Waals surface area contributed by atoms with E-state index in [0.717, 1.165) is 41.6 Å². The van der Waals surface area contributed by atoms with Crippen LogP contribution in [0.25, 0.3) is 22.4 Å². The van der Waals surface area contributed by atoms with Crippen molar-refractivity contribution in [3.63, 3.8) is 0 Å². The number of anilines is 2. The van der Waals surface area contributed by atoms with Gasteiger partial charge in [-0.1, -0.05) is 5.16 Å². The van der Waals surface area contributed by atoms with Gasteiger partial charge in [0.1, 0.15) is 11.3 Å². The van der Waals surface area contributed by atoms with Gasteiger partial charge in [-0.2, -0.15) is 4.98 Å². The number of amides is 1. The molecule has 1 N–H and O–H groups in total. The second kappa shape index (κ2) is 9.01. The summed E-state index contributed by atoms with van der Waals surface area (Å²) in [6.07, 6.45) is 1.58. The fourth-order valence-corrected chi connectivity index (χ4v) is 4.21. The maximum absolute atomic E-state index is 13.0. The van der Waals surface area contributed by atoms with E-state index < -0.39 is 5.63 Å². The van der Waals surface area contributed by atoms with Crippen LogP contribution in [0.15, 0.2) is 62.3 Å². The van der Waals surface area contributed by atoms with E-state index in [1.807, 2.05) is 48.2 Å². The molecule has 4 aromatic rings. The summed E-state index contributed by atoms with van der Waals surface area (Å²) in [6.45, 7) is 3.05. The number of fused-ring (bicyclic) bond motifs is 1. The molecular formula is C25H24N4O5. The first-order valence-electron chi connectivity index (χ1n) is 11.1. The quantitative estimate of drug-likeness (QED) is 0.445. The van der Waals surface area contributed by atoms with Crippen LogP contribution in [0.2, 0.25) is 0 Å². The summed E-state index contributed by atoms with van der Waals surface area (Å²) in [7, 11) is 1.61. The maximum Gasteiger partial charge on any atom is 0.336 e. The molecule has 9 nitrogen and oxygen atoms in total. The molecule has 0 saturated carbocycles. The Kier molecular flexibility index (Phi) is 5.75. The molecule has 2 aromatic carbocycles. The maximum atomic E-state index is 13.0. The first-order chi connectivity index (χ1) is 16.5. The van der Waals surface area contributed by atoms with Gasteiger partial charge in [0.2, 0.25) is 11.7 Å². The Morgan fingerprint density at radius 3 is 2.79 bits per heavy atom. The number of piperidine rings is 1. The van der Waals surface area contributed by atoms with E-state index in [4.69, 9.17) is 13.7 Å². The number of methoxy groups -OCH3 is 1. The zero-order valence-electron chi connectivity index (χ0n) is 18.9. The Balaban J connectivity index is 1.28. The second-order valence-corrected chi connectivity index (χ2v) is 8.36. The fraction of sp³-hybridized carbons (Fsp3) is 0.280. The van der Waals surface area contributed by atoms with Crippen LogP contribution in [-0.2, 0) is 4.79 Å². The molecule has 5 rings (SSSR count). The van der Waals surface area contributed by atoms with Gasteiger partial charge in [0.05, 0.1) is 13.0 Å². The van der Waals surface area contributed by atoms with Crippen molar-refractivity contribution in [2.45, 2.75) is 19.8 Å². The SMILES string of the molecule is COc1ccc(-c2noc(N3CCC[C@H](C(=O)Nc4ccc5c(C)cc(=O)oc5c4)C3)n2)cc1. The minimum absolute atomic E-state index is 0.103. The number of rotatable bonds is 5. The van der Waals surface area contributed by atoms with E-state index in [2.05, 4.69) is 15.5 Å². The van der Waals surface area contributed by atoms with E-state index in [1.165, 1.54) is 6.07 Å². The van der Waals surface area contributed by atoms with E-state index in [-0.39, 0.29) is 11.8 Å². The van der Waals surface area contributed by atoms with Crippen LogP contribution in [-0.4, -0.2) is 36.2 Å². The molecule has 0 bridgehead atoms. The first kappa shape index (κ1) is 21.7. The Hall–Kier alpha value is -4.14. The third-order valence-corrected chi connectivity index (χ3v) is 6.05. The second-order valence-electron chi connectivity index (χ2n) is 8.36. The number of nitrogens with one attached hydrogen (secondary N) is 1. The minimum Gasteiger partial charge on any atom is -0.497 e. The fourth-order valence-electron chi connectivity index (χ4n) is 4.21. The Bertz CT molecular complexity index is 1390. The summed E-state index contributed by atoms with van der Waals surface area (Å²) in [6, 6.07) is 14.6. The van der Waals surface area contributed by atoms with Gasteiger partial charge in [0.15, 0.2) is 0 Å². The highest BCUT2D eigenvalue weighted by Gasteiger charge is 2.29. The molecule has 0 aliphatic carbocycles. The monoisotopic (exact) mass is 460 g/mol. The van der Waals surface area contributed by atoms with Crippen molar-refractivity contribution in [3.8, 4) is 17.1 Å². The summed E-state index contributed by atoms with van der Waals surface area (Å²) in [5.41, 5.74) is 2.28. The summed E-state index contributed by atoms with van der Waals surface area (Å²) in [5, 5.41) is 7.88. The number of hydrogen-bond acceptors (Lipinski definition) is 8. The van der Waals surface area contributed by atoms with Gasteiger partial charge in [-0.15, -0.1) is 0 Å². The van der Waals surface area contributed by atoms with Crippen molar-refractivity contribution >= 4 is 28.6 Å². The van der Waals surface area contributed by atoms with Crippen molar-refractivity contribution in [1.29, 1.82) is 0 Å². The predicted octanol–water partition coefficient (Wildman–Crippen LogP) is 4.02. The number of carbonyl (C=O) groups is 1. The van der Waals surface area contributed by atoms with Crippen LogP contribution in [0.4, 0.5) is 11.7 Å². The highest BCUT2D eigenvalue weighted by atomic mass is 16.5. The molecule has 1 aliphatic rings. The summed E-state index contributed by atoms with van der Waals surface area (Å²) in [4.78, 5) is 31.1. The van der Waals surface area contributed by atoms with Gasteiger partial charge >= 0.3 is 11.6 Å². The lowest BCUT2D eigenvalue weighted by Crippen LogP contribution is -2.41.